The number of nitrogens with two attached hydrogens (primary N) is 2. The van der Waals surface area contributed by atoms with Gasteiger partial charge in [0.25, 0.3) is 0 Å². The van der Waals surface area contributed by atoms with Gasteiger partial charge in [0.1, 0.15) is 13.2 Å². The maximum absolute atomic E-state index is 5.54. The van der Waals surface area contributed by atoms with E-state index >= 15 is 0 Å². The zero-order valence-electron chi connectivity index (χ0n) is 10.00. The molecule has 1 aliphatic rings. The largest absolute Gasteiger partial charge is 0.486 e. The molecule has 0 atom stereocenters. The number of benzene rings is 1. The van der Waals surface area contributed by atoms with Crippen molar-refractivity contribution in [2.24, 2.45) is 16.5 Å². The fourth-order valence-electron chi connectivity index (χ4n) is 1.76. The van der Waals surface area contributed by atoms with E-state index in [1.165, 1.54) is 11.3 Å². The standard InChI is InChI=1S/C12H12N4O2S/c13-11(14)16-12-15-8(6-19-12)7-1-2-9-10(5-7)18-4-3-17-9/h1-2,5-6H,3-4H2,(H4,13,14,15,16). The van der Waals surface area contributed by atoms with Gasteiger partial charge < -0.3 is 20.9 Å². The number of hydrogen-bond donors (Lipinski definition) is 2. The number of fused-ring (bicyclic) bond motifs is 1. The van der Waals surface area contributed by atoms with Crippen LogP contribution in [0.1, 0.15) is 0 Å². The lowest BCUT2D eigenvalue weighted by Gasteiger charge is -2.18. The predicted molar refractivity (Wildman–Crippen MR) is 74.0 cm³/mol. The number of ether oxygens (including phenoxy) is 2. The molecule has 2 aromatic rings. The number of thiazole rings is 1. The summed E-state index contributed by atoms with van der Waals surface area (Å²) in [5.41, 5.74) is 12.4. The van der Waals surface area contributed by atoms with Gasteiger partial charge in [0.05, 0.1) is 5.69 Å². The average Bonchev–Trinajstić information content (AvgIpc) is 2.86. The third-order valence-electron chi connectivity index (χ3n) is 2.55. The van der Waals surface area contributed by atoms with Gasteiger partial charge in [-0.05, 0) is 18.2 Å². The fraction of sp³-hybridized carbons (Fsp3) is 0.167. The highest BCUT2D eigenvalue weighted by atomic mass is 32.1. The number of aliphatic imine (C=N–C) groups is 1. The average molecular weight is 276 g/mol. The van der Waals surface area contributed by atoms with Crippen LogP contribution < -0.4 is 20.9 Å². The van der Waals surface area contributed by atoms with Crippen molar-refractivity contribution in [3.63, 3.8) is 0 Å². The monoisotopic (exact) mass is 276 g/mol. The zero-order chi connectivity index (χ0) is 13.2. The van der Waals surface area contributed by atoms with E-state index in [1.807, 2.05) is 23.6 Å². The van der Waals surface area contributed by atoms with Crippen molar-refractivity contribution in [3.05, 3.63) is 23.6 Å². The lowest BCUT2D eigenvalue weighted by atomic mass is 10.1. The first-order valence-corrected chi connectivity index (χ1v) is 6.55. The molecule has 1 aromatic carbocycles. The molecule has 4 N–H and O–H groups in total. The lowest BCUT2D eigenvalue weighted by Crippen LogP contribution is -2.21. The molecule has 0 saturated carbocycles. The minimum atomic E-state index is 0.00285. The summed E-state index contributed by atoms with van der Waals surface area (Å²) in [5.74, 6) is 1.50. The molecule has 0 fully saturated rings. The highest BCUT2D eigenvalue weighted by Gasteiger charge is 2.13. The molecule has 2 heterocycles. The number of aromatic nitrogens is 1. The van der Waals surface area contributed by atoms with E-state index in [-0.39, 0.29) is 5.96 Å². The summed E-state index contributed by atoms with van der Waals surface area (Å²) < 4.78 is 11.0. The molecule has 98 valence electrons. The normalized spacial score (nSPS) is 13.1. The molecule has 0 aliphatic carbocycles. The number of rotatable bonds is 2. The second kappa shape index (κ2) is 4.77. The Kier molecular flexibility index (Phi) is 2.96. The van der Waals surface area contributed by atoms with Crippen LogP contribution in [0.4, 0.5) is 5.13 Å². The van der Waals surface area contributed by atoms with Gasteiger partial charge >= 0.3 is 0 Å². The molecule has 7 heteroatoms. The Bertz CT molecular complexity index is 634. The Morgan fingerprint density at radius 2 is 2.00 bits per heavy atom. The van der Waals surface area contributed by atoms with E-state index in [0.717, 1.165) is 22.8 Å². The first-order chi connectivity index (χ1) is 9.22. The van der Waals surface area contributed by atoms with Crippen LogP contribution in [0, 0.1) is 0 Å². The van der Waals surface area contributed by atoms with E-state index in [4.69, 9.17) is 20.9 Å². The highest BCUT2D eigenvalue weighted by molar-refractivity contribution is 7.13. The first kappa shape index (κ1) is 11.8. The van der Waals surface area contributed by atoms with E-state index in [9.17, 15) is 0 Å². The van der Waals surface area contributed by atoms with Gasteiger partial charge in [-0.15, -0.1) is 11.3 Å². The van der Waals surface area contributed by atoms with Gasteiger partial charge in [-0.3, -0.25) is 0 Å². The van der Waals surface area contributed by atoms with E-state index in [0.29, 0.717) is 18.3 Å². The molecule has 1 aromatic heterocycles. The summed E-state index contributed by atoms with van der Waals surface area (Å²) in [6, 6.07) is 5.72. The third-order valence-corrected chi connectivity index (χ3v) is 3.29. The number of hydrogen-bond acceptors (Lipinski definition) is 5. The fourth-order valence-corrected chi connectivity index (χ4v) is 2.48. The van der Waals surface area contributed by atoms with Crippen LogP contribution in [0.15, 0.2) is 28.6 Å². The SMILES string of the molecule is NC(N)=Nc1nc(-c2ccc3c(c2)OCCO3)cs1. The Morgan fingerprint density at radius 3 is 2.79 bits per heavy atom. The molecule has 19 heavy (non-hydrogen) atoms. The van der Waals surface area contributed by atoms with Crippen molar-refractivity contribution in [1.29, 1.82) is 0 Å². The van der Waals surface area contributed by atoms with Crippen molar-refractivity contribution < 1.29 is 9.47 Å². The summed E-state index contributed by atoms with van der Waals surface area (Å²) in [7, 11) is 0. The van der Waals surface area contributed by atoms with Gasteiger partial charge in [-0.1, -0.05) is 0 Å². The van der Waals surface area contributed by atoms with Crippen LogP contribution >= 0.6 is 11.3 Å². The molecule has 6 nitrogen and oxygen atoms in total. The van der Waals surface area contributed by atoms with Crippen molar-refractivity contribution in [1.82, 2.24) is 4.98 Å². The van der Waals surface area contributed by atoms with Crippen molar-refractivity contribution in [3.8, 4) is 22.8 Å². The van der Waals surface area contributed by atoms with Crippen LogP contribution in [-0.2, 0) is 0 Å². The highest BCUT2D eigenvalue weighted by Crippen LogP contribution is 2.35. The summed E-state index contributed by atoms with van der Waals surface area (Å²) in [5, 5.41) is 2.43. The van der Waals surface area contributed by atoms with Crippen LogP contribution in [0.2, 0.25) is 0 Å². The summed E-state index contributed by atoms with van der Waals surface area (Å²) in [4.78, 5) is 8.26. The predicted octanol–water partition coefficient (Wildman–Crippen LogP) is 1.49. The van der Waals surface area contributed by atoms with Crippen LogP contribution in [0.3, 0.4) is 0 Å². The first-order valence-electron chi connectivity index (χ1n) is 5.67. The smallest absolute Gasteiger partial charge is 0.212 e. The van der Waals surface area contributed by atoms with Gasteiger partial charge in [0, 0.05) is 10.9 Å². The molecule has 0 amide bonds. The van der Waals surface area contributed by atoms with Gasteiger partial charge in [-0.2, -0.15) is 4.99 Å². The Balaban J connectivity index is 1.93. The second-order valence-electron chi connectivity index (χ2n) is 3.91. The van der Waals surface area contributed by atoms with Crippen molar-refractivity contribution >= 4 is 22.4 Å². The van der Waals surface area contributed by atoms with Crippen LogP contribution in [0.25, 0.3) is 11.3 Å². The van der Waals surface area contributed by atoms with Gasteiger partial charge in [0.15, 0.2) is 17.5 Å². The summed E-state index contributed by atoms with van der Waals surface area (Å²) in [6.45, 7) is 1.14. The third kappa shape index (κ3) is 2.45. The maximum Gasteiger partial charge on any atom is 0.212 e. The lowest BCUT2D eigenvalue weighted by molar-refractivity contribution is 0.171. The second-order valence-corrected chi connectivity index (χ2v) is 4.75. The van der Waals surface area contributed by atoms with E-state index in [1.54, 1.807) is 0 Å². The molecule has 0 saturated heterocycles. The molecular formula is C12H12N4O2S. The zero-order valence-corrected chi connectivity index (χ0v) is 10.8. The molecule has 0 bridgehead atoms. The quantitative estimate of drug-likeness (QED) is 0.640. The van der Waals surface area contributed by atoms with E-state index < -0.39 is 0 Å². The molecule has 0 radical (unpaired) electrons. The van der Waals surface area contributed by atoms with Crippen molar-refractivity contribution in [2.45, 2.75) is 0 Å². The maximum atomic E-state index is 5.54. The van der Waals surface area contributed by atoms with Gasteiger partial charge in [-0.25, -0.2) is 4.98 Å². The molecule has 1 aliphatic heterocycles. The topological polar surface area (TPSA) is 95.8 Å². The summed E-state index contributed by atoms with van der Waals surface area (Å²) in [6.07, 6.45) is 0. The summed E-state index contributed by atoms with van der Waals surface area (Å²) >= 11 is 1.38. The van der Waals surface area contributed by atoms with Crippen molar-refractivity contribution in [2.75, 3.05) is 13.2 Å². The van der Waals surface area contributed by atoms with Crippen LogP contribution in [-0.4, -0.2) is 24.2 Å². The van der Waals surface area contributed by atoms with Gasteiger partial charge in [0.2, 0.25) is 5.13 Å². The Labute approximate surface area is 113 Å². The molecular weight excluding hydrogens is 264 g/mol. The van der Waals surface area contributed by atoms with Crippen LogP contribution in [0.5, 0.6) is 11.5 Å². The Morgan fingerprint density at radius 1 is 1.21 bits per heavy atom. The minimum absolute atomic E-state index is 0.00285. The Hall–Kier alpha value is -2.28. The molecule has 3 rings (SSSR count). The van der Waals surface area contributed by atoms with E-state index in [2.05, 4.69) is 9.98 Å². The molecule has 0 spiro atoms. The number of nitrogens with zero attached hydrogens (tertiary/aromatic N) is 2. The minimum Gasteiger partial charge on any atom is -0.486 e. The number of guanidine groups is 1. The molecule has 0 unspecified atom stereocenters.